The summed E-state index contributed by atoms with van der Waals surface area (Å²) in [6.45, 7) is 3.14. The Bertz CT molecular complexity index is 1080. The number of hydrogen-bond acceptors (Lipinski definition) is 11. The van der Waals surface area contributed by atoms with Gasteiger partial charge in [-0.05, 0) is 35.8 Å². The van der Waals surface area contributed by atoms with Crippen LogP contribution < -0.4 is 0 Å². The van der Waals surface area contributed by atoms with Crippen molar-refractivity contribution in [2.24, 2.45) is 11.8 Å². The Morgan fingerprint density at radius 1 is 1.11 bits per heavy atom. The van der Waals surface area contributed by atoms with Crippen molar-refractivity contribution in [3.05, 3.63) is 59.9 Å². The molecule has 0 radical (unpaired) electrons. The maximum Gasteiger partial charge on any atom is 0.334 e. The number of rotatable bonds is 7. The lowest BCUT2D eigenvalue weighted by atomic mass is 9.85. The topological polar surface area (TPSA) is 192 Å². The number of phenols is 1. The fraction of sp³-hybridized carbons (Fsp3) is 0.440. The molecule has 9 atom stereocenters. The van der Waals surface area contributed by atoms with E-state index in [1.807, 2.05) is 0 Å². The molecule has 37 heavy (non-hydrogen) atoms. The monoisotopic (exact) mass is 520 g/mol. The normalized spacial score (nSPS) is 35.5. The number of aliphatic carboxylic acids is 1. The molecule has 2 fully saturated rings. The number of carbonyl (C=O) groups is 2. The van der Waals surface area contributed by atoms with Crippen molar-refractivity contribution in [1.82, 2.24) is 0 Å². The van der Waals surface area contributed by atoms with E-state index < -0.39 is 73.5 Å². The molecule has 2 aliphatic heterocycles. The average Bonchev–Trinajstić information content (AvgIpc) is 3.17. The van der Waals surface area contributed by atoms with Gasteiger partial charge in [0.2, 0.25) is 12.6 Å². The predicted molar refractivity (Wildman–Crippen MR) is 123 cm³/mol. The first-order chi connectivity index (χ1) is 17.6. The number of benzene rings is 1. The molecule has 6 N–H and O–H groups in total. The van der Waals surface area contributed by atoms with E-state index in [-0.39, 0.29) is 23.3 Å². The van der Waals surface area contributed by atoms with Gasteiger partial charge in [0.15, 0.2) is 6.10 Å². The molecule has 12 heteroatoms. The van der Waals surface area contributed by atoms with Gasteiger partial charge in [0.25, 0.3) is 0 Å². The minimum Gasteiger partial charge on any atom is -0.508 e. The molecular weight excluding hydrogens is 492 g/mol. The highest BCUT2D eigenvalue weighted by molar-refractivity contribution is 5.88. The molecule has 1 aromatic rings. The van der Waals surface area contributed by atoms with Crippen molar-refractivity contribution in [1.29, 1.82) is 0 Å². The lowest BCUT2D eigenvalue weighted by Gasteiger charge is -2.43. The summed E-state index contributed by atoms with van der Waals surface area (Å²) in [7, 11) is 0. The molecule has 1 aliphatic carbocycles. The Balaban J connectivity index is 1.54. The van der Waals surface area contributed by atoms with Crippen molar-refractivity contribution in [3.63, 3.8) is 0 Å². The maximum atomic E-state index is 12.5. The third kappa shape index (κ3) is 5.54. The van der Waals surface area contributed by atoms with Crippen LogP contribution in [-0.2, 0) is 28.5 Å². The third-order valence-electron chi connectivity index (χ3n) is 6.69. The SMILES string of the molecule is C=C1C(O)CC2C(C(=O)O)=COC(OC3OC(CO)C(O)C(O)C3OC(=O)/C=C/c3ccc(O)cc3)C12. The second-order valence-electron chi connectivity index (χ2n) is 9.01. The smallest absolute Gasteiger partial charge is 0.334 e. The molecule has 12 nitrogen and oxygen atoms in total. The zero-order valence-electron chi connectivity index (χ0n) is 19.5. The van der Waals surface area contributed by atoms with Gasteiger partial charge >= 0.3 is 11.9 Å². The number of esters is 1. The molecule has 0 amide bonds. The van der Waals surface area contributed by atoms with Crippen molar-refractivity contribution in [2.75, 3.05) is 6.61 Å². The van der Waals surface area contributed by atoms with Crippen LogP contribution in [0.3, 0.4) is 0 Å². The minimum atomic E-state index is -1.72. The molecule has 0 bridgehead atoms. The summed E-state index contributed by atoms with van der Waals surface area (Å²) in [5, 5.41) is 59.7. The number of carboxylic acids is 1. The van der Waals surface area contributed by atoms with E-state index in [0.717, 1.165) is 12.3 Å². The Kier molecular flexibility index (Phi) is 7.97. The fourth-order valence-corrected chi connectivity index (χ4v) is 4.69. The molecular formula is C25H28O12. The summed E-state index contributed by atoms with van der Waals surface area (Å²) in [5.41, 5.74) is 0.782. The van der Waals surface area contributed by atoms with Crippen LogP contribution in [0.2, 0.25) is 0 Å². The zero-order valence-corrected chi connectivity index (χ0v) is 19.5. The van der Waals surface area contributed by atoms with Crippen LogP contribution in [0.4, 0.5) is 0 Å². The van der Waals surface area contributed by atoms with Crippen molar-refractivity contribution < 1.29 is 59.2 Å². The van der Waals surface area contributed by atoms with Gasteiger partial charge in [0.05, 0.1) is 30.5 Å². The summed E-state index contributed by atoms with van der Waals surface area (Å²) in [6.07, 6.45) is -6.44. The quantitative estimate of drug-likeness (QED) is 0.156. The maximum absolute atomic E-state index is 12.5. The van der Waals surface area contributed by atoms with Gasteiger partial charge in [-0.2, -0.15) is 0 Å². The third-order valence-corrected chi connectivity index (χ3v) is 6.69. The van der Waals surface area contributed by atoms with Crippen LogP contribution in [-0.4, -0.2) is 92.3 Å². The van der Waals surface area contributed by atoms with E-state index in [9.17, 15) is 40.2 Å². The van der Waals surface area contributed by atoms with Crippen LogP contribution in [0, 0.1) is 11.8 Å². The van der Waals surface area contributed by atoms with Gasteiger partial charge in [-0.3, -0.25) is 0 Å². The number of ether oxygens (including phenoxy) is 4. The largest absolute Gasteiger partial charge is 0.508 e. The summed E-state index contributed by atoms with van der Waals surface area (Å²) in [6, 6.07) is 5.96. The highest BCUT2D eigenvalue weighted by Crippen LogP contribution is 2.46. The first-order valence-corrected chi connectivity index (χ1v) is 11.5. The Labute approximate surface area is 211 Å². The number of carbonyl (C=O) groups excluding carboxylic acids is 1. The second-order valence-corrected chi connectivity index (χ2v) is 9.01. The number of aliphatic hydroxyl groups excluding tert-OH is 4. The molecule has 3 aliphatic rings. The fourth-order valence-electron chi connectivity index (χ4n) is 4.69. The van der Waals surface area contributed by atoms with E-state index in [1.165, 1.54) is 18.2 Å². The lowest BCUT2D eigenvalue weighted by molar-refractivity contribution is -0.340. The molecule has 1 saturated heterocycles. The van der Waals surface area contributed by atoms with Gasteiger partial charge < -0.3 is 49.6 Å². The highest BCUT2D eigenvalue weighted by Gasteiger charge is 2.53. The van der Waals surface area contributed by atoms with Crippen molar-refractivity contribution in [2.45, 2.75) is 49.5 Å². The number of aromatic hydroxyl groups is 1. The van der Waals surface area contributed by atoms with Gasteiger partial charge in [-0.25, -0.2) is 9.59 Å². The molecule has 9 unspecified atom stereocenters. The average molecular weight is 520 g/mol. The van der Waals surface area contributed by atoms with Gasteiger partial charge in [0.1, 0.15) is 24.1 Å². The first-order valence-electron chi connectivity index (χ1n) is 11.5. The van der Waals surface area contributed by atoms with Crippen LogP contribution >= 0.6 is 0 Å². The van der Waals surface area contributed by atoms with Crippen LogP contribution in [0.5, 0.6) is 5.75 Å². The van der Waals surface area contributed by atoms with Gasteiger partial charge in [-0.15, -0.1) is 0 Å². The summed E-state index contributed by atoms with van der Waals surface area (Å²) < 4.78 is 22.3. The molecule has 4 rings (SSSR count). The van der Waals surface area contributed by atoms with Crippen molar-refractivity contribution in [3.8, 4) is 5.75 Å². The molecule has 1 saturated carbocycles. The Morgan fingerprint density at radius 3 is 2.46 bits per heavy atom. The van der Waals surface area contributed by atoms with E-state index in [1.54, 1.807) is 12.1 Å². The Hall–Kier alpha value is -3.26. The number of fused-ring (bicyclic) bond motifs is 1. The molecule has 200 valence electrons. The molecule has 0 spiro atoms. The van der Waals surface area contributed by atoms with E-state index >= 15 is 0 Å². The van der Waals surface area contributed by atoms with Crippen LogP contribution in [0.1, 0.15) is 12.0 Å². The Morgan fingerprint density at radius 2 is 1.81 bits per heavy atom. The standard InChI is InChI=1S/C25H28O12/c1-11-16(28)8-14-15(23(32)33)10-34-24(19(11)14)37-25-22(21(31)20(30)17(9-26)35-25)36-18(29)7-4-12-2-5-13(27)6-3-12/h2-7,10,14,16-17,19-22,24-28,30-31H,1,8-9H2,(H,32,33)/b7-4+. The summed E-state index contributed by atoms with van der Waals surface area (Å²) >= 11 is 0. The number of phenolic OH excluding ortho intramolecular Hbond substituents is 1. The van der Waals surface area contributed by atoms with Gasteiger partial charge in [0, 0.05) is 12.0 Å². The number of hydrogen-bond donors (Lipinski definition) is 6. The molecule has 1 aromatic carbocycles. The van der Waals surface area contributed by atoms with E-state index in [2.05, 4.69) is 6.58 Å². The molecule has 2 heterocycles. The second kappa shape index (κ2) is 11.0. The summed E-state index contributed by atoms with van der Waals surface area (Å²) in [4.78, 5) is 24.2. The zero-order chi connectivity index (χ0) is 26.9. The summed E-state index contributed by atoms with van der Waals surface area (Å²) in [5.74, 6) is -3.57. The number of carboxylic acid groups (broad SMARTS) is 1. The highest BCUT2D eigenvalue weighted by atomic mass is 16.8. The van der Waals surface area contributed by atoms with Crippen LogP contribution in [0.25, 0.3) is 6.08 Å². The number of aliphatic hydroxyl groups is 4. The predicted octanol–water partition coefficient (Wildman–Crippen LogP) is -0.349. The first kappa shape index (κ1) is 26.8. The lowest BCUT2D eigenvalue weighted by Crippen LogP contribution is -2.61. The van der Waals surface area contributed by atoms with Crippen molar-refractivity contribution >= 4 is 18.0 Å². The molecule has 0 aromatic heterocycles. The minimum absolute atomic E-state index is 0.0459. The van der Waals surface area contributed by atoms with E-state index in [4.69, 9.17) is 18.9 Å². The van der Waals surface area contributed by atoms with Crippen LogP contribution in [0.15, 0.2) is 54.3 Å². The van der Waals surface area contributed by atoms with E-state index in [0.29, 0.717) is 5.56 Å². The van der Waals surface area contributed by atoms with Gasteiger partial charge in [-0.1, -0.05) is 18.7 Å².